The summed E-state index contributed by atoms with van der Waals surface area (Å²) in [6, 6.07) is 9.21. The number of hydrogen-bond acceptors (Lipinski definition) is 2. The third-order valence-electron chi connectivity index (χ3n) is 7.89. The first-order chi connectivity index (χ1) is 12.9. The molecule has 1 amide bonds. The summed E-state index contributed by atoms with van der Waals surface area (Å²) in [7, 11) is 0. The maximum atomic E-state index is 13.8. The number of aryl methyl sites for hydroxylation is 1. The van der Waals surface area contributed by atoms with Crippen molar-refractivity contribution in [3.05, 3.63) is 35.4 Å². The van der Waals surface area contributed by atoms with Gasteiger partial charge in [0.1, 0.15) is 0 Å². The van der Waals surface area contributed by atoms with Gasteiger partial charge in [-0.25, -0.2) is 0 Å². The second-order valence-electron chi connectivity index (χ2n) is 10.4. The van der Waals surface area contributed by atoms with E-state index in [0.717, 1.165) is 44.2 Å². The minimum atomic E-state index is -0.119. The quantitative estimate of drug-likeness (QED) is 0.772. The largest absolute Gasteiger partial charge is 0.372 e. The Bertz CT molecular complexity index is 715. The Morgan fingerprint density at radius 3 is 2.19 bits per heavy atom. The fourth-order valence-corrected chi connectivity index (χ4v) is 7.44. The van der Waals surface area contributed by atoms with E-state index in [0.29, 0.717) is 5.91 Å². The van der Waals surface area contributed by atoms with Crippen LogP contribution < -0.4 is 0 Å². The first kappa shape index (κ1) is 17.7. The van der Waals surface area contributed by atoms with Crippen LogP contribution >= 0.6 is 0 Å². The van der Waals surface area contributed by atoms with E-state index in [9.17, 15) is 4.79 Å². The Morgan fingerprint density at radius 2 is 1.59 bits per heavy atom. The molecule has 3 heteroatoms. The van der Waals surface area contributed by atoms with Crippen LogP contribution in [0.25, 0.3) is 0 Å². The lowest BCUT2D eigenvalue weighted by Gasteiger charge is -2.62. The summed E-state index contributed by atoms with van der Waals surface area (Å²) in [5.74, 6) is 1.90. The van der Waals surface area contributed by atoms with Crippen molar-refractivity contribution in [2.24, 2.45) is 17.3 Å². The van der Waals surface area contributed by atoms with E-state index in [1.54, 1.807) is 0 Å². The highest BCUT2D eigenvalue weighted by Gasteiger charge is 2.61. The van der Waals surface area contributed by atoms with Gasteiger partial charge in [-0.05, 0) is 82.1 Å². The number of rotatable bonds is 2. The average molecular weight is 368 g/mol. The third-order valence-corrected chi connectivity index (χ3v) is 7.89. The number of amides is 1. The second kappa shape index (κ2) is 6.07. The molecule has 0 radical (unpaired) electrons. The van der Waals surface area contributed by atoms with E-state index in [1.807, 2.05) is 0 Å². The smallest absolute Gasteiger partial charge is 0.229 e. The zero-order valence-electron chi connectivity index (χ0n) is 17.0. The molecule has 4 saturated carbocycles. The van der Waals surface area contributed by atoms with E-state index in [2.05, 4.69) is 49.9 Å². The summed E-state index contributed by atoms with van der Waals surface area (Å²) in [5.41, 5.74) is 2.93. The van der Waals surface area contributed by atoms with Gasteiger partial charge in [-0.15, -0.1) is 0 Å². The van der Waals surface area contributed by atoms with Crippen LogP contribution in [0, 0.1) is 24.2 Å². The van der Waals surface area contributed by atoms with Crippen molar-refractivity contribution in [3.63, 3.8) is 0 Å². The second-order valence-corrected chi connectivity index (χ2v) is 10.4. The minimum absolute atomic E-state index is 0.119. The molecule has 4 aliphatic carbocycles. The van der Waals surface area contributed by atoms with Crippen molar-refractivity contribution in [1.29, 1.82) is 0 Å². The van der Waals surface area contributed by atoms with E-state index in [-0.39, 0.29) is 23.0 Å². The first-order valence-corrected chi connectivity index (χ1v) is 10.9. The molecule has 0 N–H and O–H groups in total. The predicted octanol–water partition coefficient (Wildman–Crippen LogP) is 4.47. The molecule has 6 rings (SSSR count). The Balaban J connectivity index is 1.48. The van der Waals surface area contributed by atoms with Crippen LogP contribution in [0.4, 0.5) is 0 Å². The third kappa shape index (κ3) is 2.85. The van der Waals surface area contributed by atoms with Crippen LogP contribution in [0.2, 0.25) is 0 Å². The number of carbonyl (C=O) groups excluding carboxylic acids is 1. The van der Waals surface area contributed by atoms with Crippen molar-refractivity contribution in [2.45, 2.75) is 76.9 Å². The summed E-state index contributed by atoms with van der Waals surface area (Å²) >= 11 is 0. The van der Waals surface area contributed by atoms with Gasteiger partial charge in [0.2, 0.25) is 5.91 Å². The molecule has 3 nitrogen and oxygen atoms in total. The topological polar surface area (TPSA) is 29.5 Å². The molecule has 4 atom stereocenters. The molecule has 1 heterocycles. The van der Waals surface area contributed by atoms with Gasteiger partial charge in [0.05, 0.1) is 17.6 Å². The number of nitrogens with zero attached hydrogens (tertiary/aromatic N) is 1. The molecular formula is C24H33NO2. The fourth-order valence-electron chi connectivity index (χ4n) is 7.44. The summed E-state index contributed by atoms with van der Waals surface area (Å²) in [6.45, 7) is 7.89. The SMILES string of the molecule is Cc1ccc(C23CC4CC(CC(C(=O)N5CC(C)OC(C)C5)(C4)C2)C3)cc1. The van der Waals surface area contributed by atoms with Crippen molar-refractivity contribution in [3.8, 4) is 0 Å². The number of benzene rings is 1. The normalized spacial score (nSPS) is 43.1. The Hall–Kier alpha value is -1.35. The standard InChI is InChI=1S/C24H33NO2/c1-16-4-6-21(7-5-16)23-9-19-8-20(10-23)12-24(11-19,15-23)22(26)25-13-17(2)27-18(3)14-25/h4-7,17-20H,8-15H2,1-3H3. The van der Waals surface area contributed by atoms with Crippen LogP contribution in [-0.2, 0) is 14.9 Å². The Labute approximate surface area is 163 Å². The van der Waals surface area contributed by atoms with Crippen molar-refractivity contribution in [1.82, 2.24) is 4.90 Å². The Morgan fingerprint density at radius 1 is 1.00 bits per heavy atom. The van der Waals surface area contributed by atoms with Crippen molar-refractivity contribution < 1.29 is 9.53 Å². The van der Waals surface area contributed by atoms with Crippen LogP contribution in [-0.4, -0.2) is 36.1 Å². The fraction of sp³-hybridized carbons (Fsp3) is 0.708. The zero-order valence-corrected chi connectivity index (χ0v) is 17.0. The van der Waals surface area contributed by atoms with Gasteiger partial charge in [-0.2, -0.15) is 0 Å². The molecule has 4 unspecified atom stereocenters. The van der Waals surface area contributed by atoms with Gasteiger partial charge in [-0.1, -0.05) is 29.8 Å². The zero-order chi connectivity index (χ0) is 18.8. The lowest BCUT2D eigenvalue weighted by molar-refractivity contribution is -0.170. The molecule has 27 heavy (non-hydrogen) atoms. The number of ether oxygens (including phenoxy) is 1. The van der Waals surface area contributed by atoms with Gasteiger partial charge in [0.25, 0.3) is 0 Å². The molecule has 5 fully saturated rings. The van der Waals surface area contributed by atoms with Crippen LogP contribution in [0.15, 0.2) is 24.3 Å². The molecule has 1 aliphatic heterocycles. The van der Waals surface area contributed by atoms with E-state index < -0.39 is 0 Å². The highest BCUT2D eigenvalue weighted by Crippen LogP contribution is 2.66. The lowest BCUT2D eigenvalue weighted by Crippen LogP contribution is -2.61. The highest BCUT2D eigenvalue weighted by molar-refractivity contribution is 5.84. The maximum absolute atomic E-state index is 13.8. The summed E-state index contributed by atoms with van der Waals surface area (Å²) in [6.07, 6.45) is 7.53. The molecular weight excluding hydrogens is 334 g/mol. The van der Waals surface area contributed by atoms with E-state index in [1.165, 1.54) is 30.4 Å². The average Bonchev–Trinajstić information content (AvgIpc) is 2.59. The number of carbonyl (C=O) groups is 1. The summed E-state index contributed by atoms with van der Waals surface area (Å²) in [5, 5.41) is 0. The maximum Gasteiger partial charge on any atom is 0.229 e. The van der Waals surface area contributed by atoms with Crippen LogP contribution in [0.1, 0.15) is 63.5 Å². The molecule has 146 valence electrons. The van der Waals surface area contributed by atoms with Crippen molar-refractivity contribution >= 4 is 5.91 Å². The van der Waals surface area contributed by atoms with Crippen LogP contribution in [0.3, 0.4) is 0 Å². The van der Waals surface area contributed by atoms with Gasteiger partial charge in [0.15, 0.2) is 0 Å². The van der Waals surface area contributed by atoms with Crippen LogP contribution in [0.5, 0.6) is 0 Å². The monoisotopic (exact) mass is 367 g/mol. The molecule has 1 saturated heterocycles. The molecule has 0 aromatic heterocycles. The molecule has 0 spiro atoms. The molecule has 5 aliphatic rings. The highest BCUT2D eigenvalue weighted by atomic mass is 16.5. The van der Waals surface area contributed by atoms with Gasteiger partial charge in [-0.3, -0.25) is 4.79 Å². The van der Waals surface area contributed by atoms with Gasteiger partial charge >= 0.3 is 0 Å². The molecule has 1 aromatic rings. The predicted molar refractivity (Wildman–Crippen MR) is 107 cm³/mol. The van der Waals surface area contributed by atoms with E-state index in [4.69, 9.17) is 4.74 Å². The molecule has 4 bridgehead atoms. The van der Waals surface area contributed by atoms with Gasteiger partial charge in [0, 0.05) is 13.1 Å². The van der Waals surface area contributed by atoms with E-state index >= 15 is 0 Å². The molecule has 1 aromatic carbocycles. The summed E-state index contributed by atoms with van der Waals surface area (Å²) in [4.78, 5) is 16.0. The summed E-state index contributed by atoms with van der Waals surface area (Å²) < 4.78 is 5.89. The minimum Gasteiger partial charge on any atom is -0.372 e. The van der Waals surface area contributed by atoms with Gasteiger partial charge < -0.3 is 9.64 Å². The lowest BCUT2D eigenvalue weighted by atomic mass is 9.42. The number of morpholine rings is 1. The Kier molecular flexibility index (Phi) is 3.99. The first-order valence-electron chi connectivity index (χ1n) is 10.9. The number of hydrogen-bond donors (Lipinski definition) is 0. The van der Waals surface area contributed by atoms with Crippen molar-refractivity contribution in [2.75, 3.05) is 13.1 Å².